The minimum absolute atomic E-state index is 0.390. The number of hydrogen-bond acceptors (Lipinski definition) is 4. The number of amides is 1. The standard InChI is InChI=1S/C22H20ClN3O3/c1-15-22(16(2)26(25-15)19-6-4-3-5-7-19)24-20(27)14-29-21(28)13-10-17-8-11-18(23)12-9-17/h3-13H,14H2,1-2H3,(H,24,27)/b13-10+. The molecular formula is C22H20ClN3O3. The minimum Gasteiger partial charge on any atom is -0.452 e. The van der Waals surface area contributed by atoms with Gasteiger partial charge in [0.25, 0.3) is 5.91 Å². The summed E-state index contributed by atoms with van der Waals surface area (Å²) in [7, 11) is 0. The lowest BCUT2D eigenvalue weighted by Gasteiger charge is -2.07. The molecular weight excluding hydrogens is 390 g/mol. The number of carbonyl (C=O) groups is 2. The van der Waals surface area contributed by atoms with E-state index >= 15 is 0 Å². The predicted octanol–water partition coefficient (Wildman–Crippen LogP) is 4.34. The highest BCUT2D eigenvalue weighted by Crippen LogP contribution is 2.22. The Kier molecular flexibility index (Phi) is 6.46. The maximum atomic E-state index is 12.2. The van der Waals surface area contributed by atoms with E-state index < -0.39 is 11.9 Å². The lowest BCUT2D eigenvalue weighted by Crippen LogP contribution is -2.20. The van der Waals surface area contributed by atoms with Crippen molar-refractivity contribution >= 4 is 35.2 Å². The van der Waals surface area contributed by atoms with E-state index in [1.54, 1.807) is 35.0 Å². The number of benzene rings is 2. The van der Waals surface area contributed by atoms with Crippen LogP contribution in [0.4, 0.5) is 5.69 Å². The van der Waals surface area contributed by atoms with Crippen LogP contribution in [0.3, 0.4) is 0 Å². The average molecular weight is 410 g/mol. The number of carbonyl (C=O) groups excluding carboxylic acids is 2. The van der Waals surface area contributed by atoms with Crippen molar-refractivity contribution in [3.8, 4) is 5.69 Å². The van der Waals surface area contributed by atoms with Crippen molar-refractivity contribution in [2.24, 2.45) is 0 Å². The Morgan fingerprint density at radius 2 is 1.79 bits per heavy atom. The molecule has 2 aromatic carbocycles. The first-order valence-electron chi connectivity index (χ1n) is 8.96. The molecule has 29 heavy (non-hydrogen) atoms. The van der Waals surface area contributed by atoms with Crippen molar-refractivity contribution in [3.05, 3.63) is 82.6 Å². The molecule has 7 heteroatoms. The smallest absolute Gasteiger partial charge is 0.331 e. The third-order valence-electron chi connectivity index (χ3n) is 4.18. The Bertz CT molecular complexity index is 1040. The van der Waals surface area contributed by atoms with E-state index in [9.17, 15) is 9.59 Å². The molecule has 1 N–H and O–H groups in total. The topological polar surface area (TPSA) is 73.2 Å². The zero-order valence-corrected chi connectivity index (χ0v) is 16.8. The number of halogens is 1. The number of esters is 1. The van der Waals surface area contributed by atoms with Crippen LogP contribution in [0.2, 0.25) is 5.02 Å². The summed E-state index contributed by atoms with van der Waals surface area (Å²) in [6.45, 7) is 3.28. The van der Waals surface area contributed by atoms with Crippen LogP contribution >= 0.6 is 11.6 Å². The van der Waals surface area contributed by atoms with Crippen LogP contribution in [0.15, 0.2) is 60.7 Å². The highest BCUT2D eigenvalue weighted by molar-refractivity contribution is 6.30. The van der Waals surface area contributed by atoms with Gasteiger partial charge in [-0.1, -0.05) is 41.9 Å². The molecule has 0 aliphatic rings. The summed E-state index contributed by atoms with van der Waals surface area (Å²) in [6.07, 6.45) is 2.86. The number of hydrogen-bond donors (Lipinski definition) is 1. The first kappa shape index (κ1) is 20.4. The summed E-state index contributed by atoms with van der Waals surface area (Å²) in [5.41, 5.74) is 3.76. The number of para-hydroxylation sites is 1. The molecule has 1 amide bonds. The van der Waals surface area contributed by atoms with E-state index in [0.717, 1.165) is 16.9 Å². The van der Waals surface area contributed by atoms with E-state index in [0.29, 0.717) is 16.4 Å². The maximum absolute atomic E-state index is 12.2. The molecule has 148 valence electrons. The van der Waals surface area contributed by atoms with Gasteiger partial charge >= 0.3 is 5.97 Å². The van der Waals surface area contributed by atoms with Crippen molar-refractivity contribution in [1.82, 2.24) is 9.78 Å². The van der Waals surface area contributed by atoms with Crippen molar-refractivity contribution in [1.29, 1.82) is 0 Å². The van der Waals surface area contributed by atoms with E-state index in [2.05, 4.69) is 10.4 Å². The molecule has 3 aromatic rings. The van der Waals surface area contributed by atoms with Gasteiger partial charge in [0.1, 0.15) is 0 Å². The van der Waals surface area contributed by atoms with Crippen LogP contribution in [-0.2, 0) is 14.3 Å². The van der Waals surface area contributed by atoms with Crippen LogP contribution in [0.25, 0.3) is 11.8 Å². The lowest BCUT2D eigenvalue weighted by atomic mass is 10.2. The molecule has 1 heterocycles. The predicted molar refractivity (Wildman–Crippen MR) is 113 cm³/mol. The van der Waals surface area contributed by atoms with Crippen molar-refractivity contribution < 1.29 is 14.3 Å². The fraction of sp³-hybridized carbons (Fsp3) is 0.136. The van der Waals surface area contributed by atoms with Gasteiger partial charge in [0.15, 0.2) is 6.61 Å². The van der Waals surface area contributed by atoms with Crippen LogP contribution in [-0.4, -0.2) is 28.3 Å². The Labute approximate surface area is 173 Å². The second-order valence-corrected chi connectivity index (χ2v) is 6.77. The minimum atomic E-state index is -0.608. The van der Waals surface area contributed by atoms with Gasteiger partial charge < -0.3 is 10.1 Å². The molecule has 0 saturated carbocycles. The molecule has 0 saturated heterocycles. The van der Waals surface area contributed by atoms with E-state index in [1.165, 1.54) is 6.08 Å². The quantitative estimate of drug-likeness (QED) is 0.485. The summed E-state index contributed by atoms with van der Waals surface area (Å²) in [5.74, 6) is -1.04. The van der Waals surface area contributed by atoms with Crippen molar-refractivity contribution in [2.45, 2.75) is 13.8 Å². The zero-order chi connectivity index (χ0) is 20.8. The number of ether oxygens (including phenoxy) is 1. The van der Waals surface area contributed by atoms with Gasteiger partial charge in [0.05, 0.1) is 22.8 Å². The fourth-order valence-corrected chi connectivity index (χ4v) is 2.87. The Morgan fingerprint density at radius 1 is 1.10 bits per heavy atom. The molecule has 0 aliphatic carbocycles. The monoisotopic (exact) mass is 409 g/mol. The molecule has 6 nitrogen and oxygen atoms in total. The number of aromatic nitrogens is 2. The zero-order valence-electron chi connectivity index (χ0n) is 16.1. The molecule has 0 atom stereocenters. The first-order valence-corrected chi connectivity index (χ1v) is 9.34. The van der Waals surface area contributed by atoms with Gasteiger partial charge in [-0.15, -0.1) is 0 Å². The summed E-state index contributed by atoms with van der Waals surface area (Å²) in [6, 6.07) is 16.6. The lowest BCUT2D eigenvalue weighted by molar-refractivity contribution is -0.142. The normalized spacial score (nSPS) is 10.9. The van der Waals surface area contributed by atoms with Crippen LogP contribution in [0.1, 0.15) is 17.0 Å². The van der Waals surface area contributed by atoms with Gasteiger partial charge in [-0.05, 0) is 49.8 Å². The Morgan fingerprint density at radius 3 is 2.48 bits per heavy atom. The van der Waals surface area contributed by atoms with Crippen LogP contribution in [0.5, 0.6) is 0 Å². The van der Waals surface area contributed by atoms with E-state index in [1.807, 2.05) is 44.2 Å². The van der Waals surface area contributed by atoms with Gasteiger partial charge in [0, 0.05) is 11.1 Å². The number of nitrogens with one attached hydrogen (secondary N) is 1. The third kappa shape index (κ3) is 5.33. The number of rotatable bonds is 6. The van der Waals surface area contributed by atoms with Gasteiger partial charge in [-0.25, -0.2) is 9.48 Å². The summed E-state index contributed by atoms with van der Waals surface area (Å²) < 4.78 is 6.76. The SMILES string of the molecule is Cc1nn(-c2ccccc2)c(C)c1NC(=O)COC(=O)/C=C/c1ccc(Cl)cc1. The number of nitrogens with zero attached hydrogens (tertiary/aromatic N) is 2. The third-order valence-corrected chi connectivity index (χ3v) is 4.44. The molecule has 0 spiro atoms. The van der Waals surface area contributed by atoms with Gasteiger partial charge in [0.2, 0.25) is 0 Å². The largest absolute Gasteiger partial charge is 0.452 e. The molecule has 0 bridgehead atoms. The number of aryl methyl sites for hydroxylation is 1. The Hall–Kier alpha value is -3.38. The highest BCUT2D eigenvalue weighted by atomic mass is 35.5. The summed E-state index contributed by atoms with van der Waals surface area (Å²) in [5, 5.41) is 7.85. The van der Waals surface area contributed by atoms with Crippen molar-refractivity contribution in [3.63, 3.8) is 0 Å². The van der Waals surface area contributed by atoms with Crippen LogP contribution in [0, 0.1) is 13.8 Å². The molecule has 0 fully saturated rings. The second kappa shape index (κ2) is 9.21. The average Bonchev–Trinajstić information content (AvgIpc) is 3.00. The first-order chi connectivity index (χ1) is 13.9. The fourth-order valence-electron chi connectivity index (χ4n) is 2.74. The molecule has 0 unspecified atom stereocenters. The van der Waals surface area contributed by atoms with Crippen molar-refractivity contribution in [2.75, 3.05) is 11.9 Å². The molecule has 0 aliphatic heterocycles. The summed E-state index contributed by atoms with van der Waals surface area (Å²) >= 11 is 5.82. The van der Waals surface area contributed by atoms with E-state index in [4.69, 9.17) is 16.3 Å². The molecule has 1 aromatic heterocycles. The molecule has 0 radical (unpaired) electrons. The second-order valence-electron chi connectivity index (χ2n) is 6.33. The van der Waals surface area contributed by atoms with Gasteiger partial charge in [-0.2, -0.15) is 5.10 Å². The summed E-state index contributed by atoms with van der Waals surface area (Å²) in [4.78, 5) is 24.0. The molecule has 3 rings (SSSR count). The van der Waals surface area contributed by atoms with Crippen LogP contribution < -0.4 is 5.32 Å². The maximum Gasteiger partial charge on any atom is 0.331 e. The highest BCUT2D eigenvalue weighted by Gasteiger charge is 2.15. The van der Waals surface area contributed by atoms with Gasteiger partial charge in [-0.3, -0.25) is 4.79 Å². The Balaban J connectivity index is 1.58. The van der Waals surface area contributed by atoms with E-state index in [-0.39, 0.29) is 6.61 Å². The number of anilines is 1.